The number of hydrogen-bond donors (Lipinski definition) is 1. The molecule has 4 nitrogen and oxygen atoms in total. The Labute approximate surface area is 119 Å². The molecule has 1 amide bonds. The summed E-state index contributed by atoms with van der Waals surface area (Å²) < 4.78 is 5.61. The van der Waals surface area contributed by atoms with Gasteiger partial charge in [0.1, 0.15) is 5.75 Å². The number of ether oxygens (including phenoxy) is 1. The number of amides is 1. The number of aryl methyl sites for hydroxylation is 1. The molecule has 0 bridgehead atoms. The fourth-order valence-electron chi connectivity index (χ4n) is 2.88. The standard InChI is InChI=1S/C16H22N2O2/c1-12-3-2-4-14(9-12)20-8-7-15(19)18-10-16(17,11-18)13-5-6-13/h2-4,9,13H,5-8,10-11,17H2,1H3. The topological polar surface area (TPSA) is 55.6 Å². The second-order valence-electron chi connectivity index (χ2n) is 6.17. The smallest absolute Gasteiger partial charge is 0.226 e. The van der Waals surface area contributed by atoms with E-state index in [9.17, 15) is 4.79 Å². The van der Waals surface area contributed by atoms with Crippen LogP contribution in [0.5, 0.6) is 5.75 Å². The third-order valence-electron chi connectivity index (χ3n) is 4.29. The minimum absolute atomic E-state index is 0.0902. The minimum Gasteiger partial charge on any atom is -0.493 e. The lowest BCUT2D eigenvalue weighted by atomic mass is 9.85. The maximum atomic E-state index is 12.0. The molecule has 1 saturated heterocycles. The molecule has 0 atom stereocenters. The van der Waals surface area contributed by atoms with Crippen molar-refractivity contribution >= 4 is 5.91 Å². The first kappa shape index (κ1) is 13.4. The van der Waals surface area contributed by atoms with Gasteiger partial charge in [-0.2, -0.15) is 0 Å². The summed E-state index contributed by atoms with van der Waals surface area (Å²) in [4.78, 5) is 13.9. The SMILES string of the molecule is Cc1cccc(OCCC(=O)N2CC(N)(C3CC3)C2)c1. The van der Waals surface area contributed by atoms with Crippen LogP contribution in [0, 0.1) is 12.8 Å². The number of nitrogens with zero attached hydrogens (tertiary/aromatic N) is 1. The van der Waals surface area contributed by atoms with Crippen molar-refractivity contribution in [2.45, 2.75) is 31.7 Å². The van der Waals surface area contributed by atoms with E-state index in [1.165, 1.54) is 12.8 Å². The molecule has 2 aliphatic rings. The Morgan fingerprint density at radius 3 is 2.85 bits per heavy atom. The molecule has 1 aromatic carbocycles. The van der Waals surface area contributed by atoms with Crippen molar-refractivity contribution in [3.05, 3.63) is 29.8 Å². The van der Waals surface area contributed by atoms with Gasteiger partial charge in [-0.3, -0.25) is 4.79 Å². The molecule has 108 valence electrons. The van der Waals surface area contributed by atoms with Crippen LogP contribution in [0.3, 0.4) is 0 Å². The largest absolute Gasteiger partial charge is 0.493 e. The van der Waals surface area contributed by atoms with Gasteiger partial charge in [0.25, 0.3) is 0 Å². The highest BCUT2D eigenvalue weighted by molar-refractivity contribution is 5.77. The quantitative estimate of drug-likeness (QED) is 0.889. The number of rotatable bonds is 5. The number of likely N-dealkylation sites (tertiary alicyclic amines) is 1. The van der Waals surface area contributed by atoms with E-state index >= 15 is 0 Å². The zero-order chi connectivity index (χ0) is 14.2. The van der Waals surface area contributed by atoms with E-state index in [1.54, 1.807) is 0 Å². The van der Waals surface area contributed by atoms with Crippen molar-refractivity contribution in [3.8, 4) is 5.75 Å². The molecule has 2 fully saturated rings. The maximum Gasteiger partial charge on any atom is 0.226 e. The first-order valence-electron chi connectivity index (χ1n) is 7.33. The molecule has 1 saturated carbocycles. The molecule has 1 aliphatic carbocycles. The summed E-state index contributed by atoms with van der Waals surface area (Å²) in [5.41, 5.74) is 7.32. The highest BCUT2D eigenvalue weighted by atomic mass is 16.5. The summed E-state index contributed by atoms with van der Waals surface area (Å²) >= 11 is 0. The van der Waals surface area contributed by atoms with Crippen molar-refractivity contribution in [2.75, 3.05) is 19.7 Å². The molecule has 2 N–H and O–H groups in total. The van der Waals surface area contributed by atoms with Crippen molar-refractivity contribution in [3.63, 3.8) is 0 Å². The molecule has 1 aliphatic heterocycles. The molecule has 0 radical (unpaired) electrons. The average Bonchev–Trinajstić information content (AvgIpc) is 3.19. The number of nitrogens with two attached hydrogens (primary N) is 1. The van der Waals surface area contributed by atoms with Gasteiger partial charge in [0.05, 0.1) is 18.6 Å². The molecule has 20 heavy (non-hydrogen) atoms. The molecule has 4 heteroatoms. The summed E-state index contributed by atoms with van der Waals surface area (Å²) in [5.74, 6) is 1.63. The van der Waals surface area contributed by atoms with E-state index in [-0.39, 0.29) is 11.4 Å². The first-order valence-corrected chi connectivity index (χ1v) is 7.33. The molecule has 0 unspecified atom stereocenters. The van der Waals surface area contributed by atoms with Crippen molar-refractivity contribution in [1.29, 1.82) is 0 Å². The van der Waals surface area contributed by atoms with Gasteiger partial charge in [-0.1, -0.05) is 12.1 Å². The fraction of sp³-hybridized carbons (Fsp3) is 0.562. The molecule has 1 aromatic rings. The number of benzene rings is 1. The van der Waals surface area contributed by atoms with E-state index < -0.39 is 0 Å². The molecule has 3 rings (SSSR count). The van der Waals surface area contributed by atoms with Gasteiger partial charge >= 0.3 is 0 Å². The lowest BCUT2D eigenvalue weighted by Gasteiger charge is -2.48. The van der Waals surface area contributed by atoms with Crippen LogP contribution in [-0.4, -0.2) is 36.0 Å². The number of carbonyl (C=O) groups is 1. The summed E-state index contributed by atoms with van der Waals surface area (Å²) in [6.07, 6.45) is 2.89. The third kappa shape index (κ3) is 2.80. The molecular weight excluding hydrogens is 252 g/mol. The third-order valence-corrected chi connectivity index (χ3v) is 4.29. The molecular formula is C16H22N2O2. The highest BCUT2D eigenvalue weighted by Gasteiger charge is 2.51. The minimum atomic E-state index is -0.0902. The van der Waals surface area contributed by atoms with Gasteiger partial charge in [0.2, 0.25) is 5.91 Å². The maximum absolute atomic E-state index is 12.0. The van der Waals surface area contributed by atoms with Crippen LogP contribution < -0.4 is 10.5 Å². The summed E-state index contributed by atoms with van der Waals surface area (Å²) in [5, 5.41) is 0. The average molecular weight is 274 g/mol. The summed E-state index contributed by atoms with van der Waals surface area (Å²) in [7, 11) is 0. The Morgan fingerprint density at radius 2 is 2.20 bits per heavy atom. The van der Waals surface area contributed by atoms with Crippen molar-refractivity contribution < 1.29 is 9.53 Å². The van der Waals surface area contributed by atoms with E-state index in [0.717, 1.165) is 24.4 Å². The van der Waals surface area contributed by atoms with E-state index in [1.807, 2.05) is 36.1 Å². The lowest BCUT2D eigenvalue weighted by molar-refractivity contribution is -0.139. The monoisotopic (exact) mass is 274 g/mol. The highest BCUT2D eigenvalue weighted by Crippen LogP contribution is 2.42. The first-order chi connectivity index (χ1) is 9.57. The van der Waals surface area contributed by atoms with Gasteiger partial charge in [0.15, 0.2) is 0 Å². The van der Waals surface area contributed by atoms with Gasteiger partial charge in [-0.15, -0.1) is 0 Å². The Morgan fingerprint density at radius 1 is 1.45 bits per heavy atom. The fourth-order valence-corrected chi connectivity index (χ4v) is 2.88. The Hall–Kier alpha value is -1.55. The second kappa shape index (κ2) is 5.09. The Balaban J connectivity index is 1.40. The van der Waals surface area contributed by atoms with Crippen LogP contribution in [0.15, 0.2) is 24.3 Å². The van der Waals surface area contributed by atoms with Crippen LogP contribution in [0.2, 0.25) is 0 Å². The predicted molar refractivity (Wildman–Crippen MR) is 77.5 cm³/mol. The van der Waals surface area contributed by atoms with Gasteiger partial charge < -0.3 is 15.4 Å². The van der Waals surface area contributed by atoms with Crippen LogP contribution in [0.25, 0.3) is 0 Å². The Bertz CT molecular complexity index is 505. The lowest BCUT2D eigenvalue weighted by Crippen LogP contribution is -2.69. The molecule has 1 heterocycles. The summed E-state index contributed by atoms with van der Waals surface area (Å²) in [6.45, 7) is 3.90. The molecule has 0 aromatic heterocycles. The Kier molecular flexibility index (Phi) is 3.42. The van der Waals surface area contributed by atoms with Gasteiger partial charge in [-0.05, 0) is 43.4 Å². The zero-order valence-electron chi connectivity index (χ0n) is 12.0. The second-order valence-corrected chi connectivity index (χ2v) is 6.17. The van der Waals surface area contributed by atoms with Gasteiger partial charge in [-0.25, -0.2) is 0 Å². The van der Waals surface area contributed by atoms with E-state index in [4.69, 9.17) is 10.5 Å². The summed E-state index contributed by atoms with van der Waals surface area (Å²) in [6, 6.07) is 7.88. The number of hydrogen-bond acceptors (Lipinski definition) is 3. The molecule has 0 spiro atoms. The van der Waals surface area contributed by atoms with Crippen molar-refractivity contribution in [1.82, 2.24) is 4.90 Å². The number of carbonyl (C=O) groups excluding carboxylic acids is 1. The van der Waals surface area contributed by atoms with Crippen LogP contribution >= 0.6 is 0 Å². The van der Waals surface area contributed by atoms with Crippen molar-refractivity contribution in [2.24, 2.45) is 11.7 Å². The normalized spacial score (nSPS) is 20.4. The van der Waals surface area contributed by atoms with Crippen LogP contribution in [0.4, 0.5) is 0 Å². The van der Waals surface area contributed by atoms with E-state index in [2.05, 4.69) is 0 Å². The predicted octanol–water partition coefficient (Wildman–Crippen LogP) is 1.71. The van der Waals surface area contributed by atoms with E-state index in [0.29, 0.717) is 18.9 Å². The van der Waals surface area contributed by atoms with Crippen LogP contribution in [-0.2, 0) is 4.79 Å². The van der Waals surface area contributed by atoms with Gasteiger partial charge in [0, 0.05) is 13.1 Å². The van der Waals surface area contributed by atoms with Crippen LogP contribution in [0.1, 0.15) is 24.8 Å². The zero-order valence-corrected chi connectivity index (χ0v) is 12.0.